The highest BCUT2D eigenvalue weighted by Gasteiger charge is 2.39. The maximum Gasteiger partial charge on any atom is 0.260 e. The minimum atomic E-state index is -0.213. The van der Waals surface area contributed by atoms with Gasteiger partial charge in [-0.05, 0) is 117 Å². The van der Waals surface area contributed by atoms with E-state index in [1.807, 2.05) is 76.5 Å². The predicted molar refractivity (Wildman–Crippen MR) is 311 cm³/mol. The molecule has 9 rings (SSSR count). The van der Waals surface area contributed by atoms with Gasteiger partial charge in [-0.25, -0.2) is 0 Å². The molecular formula is C60H73N7O8S2. The molecule has 4 N–H and O–H groups in total. The monoisotopic (exact) mass is 1080 g/mol. The molecule has 0 saturated carbocycles. The molecule has 4 heterocycles. The van der Waals surface area contributed by atoms with Crippen molar-refractivity contribution in [2.45, 2.75) is 121 Å². The number of nitrogens with one attached hydrogen (secondary N) is 4. The van der Waals surface area contributed by atoms with Crippen LogP contribution in [0.3, 0.4) is 0 Å². The van der Waals surface area contributed by atoms with Crippen molar-refractivity contribution in [3.05, 3.63) is 124 Å². The van der Waals surface area contributed by atoms with Gasteiger partial charge in [-0.15, -0.1) is 0 Å². The first-order valence-electron chi connectivity index (χ1n) is 27.0. The van der Waals surface area contributed by atoms with Crippen molar-refractivity contribution in [2.75, 3.05) is 72.9 Å². The first kappa shape index (κ1) is 55.2. The number of hydrogen-bond acceptors (Lipinski definition) is 13. The van der Waals surface area contributed by atoms with E-state index in [4.69, 9.17) is 18.9 Å². The average Bonchev–Trinajstić information content (AvgIpc) is 3.96. The fraction of sp³-hybridized carbons (Fsp3) is 0.433. The SMILES string of the molecule is CCCCCNCNC(=O)CCC(C)SSC(C)(C)CCC(=O)N(C)c1cc(COc2cc3c(cc2OC)C(=O)N2c4ccccc4C[C@H]2CN3)cc(COc2cc3c(cc2OC)C(=O)N2c4ccccc4C[C@H]2CN3)c1. The first-order valence-corrected chi connectivity index (χ1v) is 29.2. The molecule has 4 amide bonds. The van der Waals surface area contributed by atoms with Crippen molar-refractivity contribution in [1.82, 2.24) is 10.6 Å². The van der Waals surface area contributed by atoms with E-state index in [2.05, 4.69) is 61.1 Å². The van der Waals surface area contributed by atoms with Crippen LogP contribution in [0.2, 0.25) is 0 Å². The van der Waals surface area contributed by atoms with Crippen LogP contribution in [0, 0.1) is 0 Å². The molecule has 5 aromatic carbocycles. The summed E-state index contributed by atoms with van der Waals surface area (Å²) in [5.41, 5.74) is 8.73. The molecule has 0 bridgehead atoms. The predicted octanol–water partition coefficient (Wildman–Crippen LogP) is 10.8. The fourth-order valence-corrected chi connectivity index (χ4v) is 13.1. The molecule has 408 valence electrons. The molecule has 0 saturated heterocycles. The highest BCUT2D eigenvalue weighted by Crippen LogP contribution is 2.44. The summed E-state index contributed by atoms with van der Waals surface area (Å²) >= 11 is 0. The smallest absolute Gasteiger partial charge is 0.260 e. The zero-order valence-electron chi connectivity index (χ0n) is 45.4. The summed E-state index contributed by atoms with van der Waals surface area (Å²) < 4.78 is 24.6. The number of unbranched alkanes of at least 4 members (excludes halogenated alkanes) is 2. The van der Waals surface area contributed by atoms with Crippen LogP contribution in [-0.2, 0) is 35.6 Å². The Morgan fingerprint density at radius 3 is 1.83 bits per heavy atom. The van der Waals surface area contributed by atoms with E-state index in [1.165, 1.54) is 12.8 Å². The molecule has 0 aromatic heterocycles. The van der Waals surface area contributed by atoms with Crippen molar-refractivity contribution in [3.63, 3.8) is 0 Å². The van der Waals surface area contributed by atoms with Gasteiger partial charge in [-0.1, -0.05) is 84.7 Å². The second-order valence-electron chi connectivity index (χ2n) is 21.0. The number of carbonyl (C=O) groups excluding carboxylic acids is 4. The summed E-state index contributed by atoms with van der Waals surface area (Å²) in [7, 11) is 8.44. The van der Waals surface area contributed by atoms with Crippen LogP contribution in [0.15, 0.2) is 91.0 Å². The Morgan fingerprint density at radius 1 is 0.753 bits per heavy atom. The zero-order valence-corrected chi connectivity index (χ0v) is 47.1. The number of fused-ring (bicyclic) bond motifs is 8. The van der Waals surface area contributed by atoms with Crippen LogP contribution in [-0.4, -0.2) is 93.3 Å². The van der Waals surface area contributed by atoms with Gasteiger partial charge in [0.25, 0.3) is 11.8 Å². The lowest BCUT2D eigenvalue weighted by atomic mass is 10.1. The molecule has 17 heteroatoms. The van der Waals surface area contributed by atoms with Gasteiger partial charge in [0.1, 0.15) is 13.2 Å². The Balaban J connectivity index is 0.898. The van der Waals surface area contributed by atoms with E-state index in [0.717, 1.165) is 65.9 Å². The van der Waals surface area contributed by atoms with E-state index >= 15 is 0 Å². The molecule has 3 atom stereocenters. The molecule has 5 aromatic rings. The molecule has 0 spiro atoms. The number of rotatable bonds is 24. The maximum absolute atomic E-state index is 14.2. The number of amides is 4. The number of nitrogens with zero attached hydrogens (tertiary/aromatic N) is 3. The Kier molecular flexibility index (Phi) is 17.8. The van der Waals surface area contributed by atoms with Crippen LogP contribution in [0.5, 0.6) is 23.0 Å². The Morgan fingerprint density at radius 2 is 1.30 bits per heavy atom. The molecule has 0 fully saturated rings. The topological polar surface area (TPSA) is 163 Å². The van der Waals surface area contributed by atoms with E-state index in [-0.39, 0.29) is 58.9 Å². The molecular weight excluding hydrogens is 1010 g/mol. The summed E-state index contributed by atoms with van der Waals surface area (Å²) in [5, 5.41) is 13.6. The third-order valence-corrected chi connectivity index (χ3v) is 18.8. The van der Waals surface area contributed by atoms with Crippen LogP contribution in [0.1, 0.15) is 116 Å². The largest absolute Gasteiger partial charge is 0.493 e. The number of carbonyl (C=O) groups is 4. The van der Waals surface area contributed by atoms with Crippen LogP contribution >= 0.6 is 21.6 Å². The molecule has 4 aliphatic rings. The molecule has 1 unspecified atom stereocenters. The summed E-state index contributed by atoms with van der Waals surface area (Å²) in [6, 6.07) is 29.1. The maximum atomic E-state index is 14.2. The number of methoxy groups -OCH3 is 2. The molecule has 4 aliphatic heterocycles. The van der Waals surface area contributed by atoms with Gasteiger partial charge < -0.3 is 49.6 Å². The van der Waals surface area contributed by atoms with Gasteiger partial charge in [0.15, 0.2) is 23.0 Å². The molecule has 15 nitrogen and oxygen atoms in total. The van der Waals surface area contributed by atoms with Gasteiger partial charge in [0, 0.05) is 72.2 Å². The second kappa shape index (κ2) is 24.8. The van der Waals surface area contributed by atoms with E-state index in [1.54, 1.807) is 59.9 Å². The summed E-state index contributed by atoms with van der Waals surface area (Å²) in [5.74, 6) is 1.58. The number of ether oxygens (including phenoxy) is 4. The third kappa shape index (κ3) is 12.9. The quantitative estimate of drug-likeness (QED) is 0.0263. The molecule has 0 aliphatic carbocycles. The van der Waals surface area contributed by atoms with Crippen molar-refractivity contribution < 1.29 is 38.1 Å². The van der Waals surface area contributed by atoms with Crippen molar-refractivity contribution in [1.29, 1.82) is 0 Å². The molecule has 0 radical (unpaired) electrons. The number of para-hydroxylation sites is 2. The Hall–Kier alpha value is -6.56. The summed E-state index contributed by atoms with van der Waals surface area (Å²) in [6.07, 6.45) is 7.17. The standard InChI is InChI=1S/C60H73N7O8S2/c1-8-9-14-23-61-37-64-56(68)20-19-38(2)76-77-60(3,4)22-21-57(69)65(5)43-25-39(35-74-54-31-48-46(29-52(54)72-6)58(70)66-44(33-62-48)27-41-15-10-12-17-50(41)66)24-40(26-43)36-75-55-32-49-47(30-53(55)73-7)59(71)67-45(34-63-49)28-42-16-11-13-18-51(42)67/h10-13,15-18,24-26,29-32,38,44-45,61-63H,8-9,14,19-23,27-28,33-37H2,1-7H3,(H,64,68)/t38?,44-,45-/m0/s1. The Labute approximate surface area is 461 Å². The molecule has 77 heavy (non-hydrogen) atoms. The fourth-order valence-electron chi connectivity index (χ4n) is 10.4. The van der Waals surface area contributed by atoms with Gasteiger partial charge >= 0.3 is 0 Å². The van der Waals surface area contributed by atoms with Gasteiger partial charge in [0.05, 0.1) is 55.5 Å². The zero-order chi connectivity index (χ0) is 54.2. The summed E-state index contributed by atoms with van der Waals surface area (Å²) in [4.78, 5) is 60.5. The minimum absolute atomic E-state index is 0.0259. The van der Waals surface area contributed by atoms with Gasteiger partial charge in [0.2, 0.25) is 11.8 Å². The lowest BCUT2D eigenvalue weighted by Gasteiger charge is -2.26. The first-order chi connectivity index (χ1) is 37.2. The van der Waals surface area contributed by atoms with Crippen molar-refractivity contribution in [2.24, 2.45) is 0 Å². The third-order valence-electron chi connectivity index (χ3n) is 14.8. The lowest BCUT2D eigenvalue weighted by Crippen LogP contribution is -2.39. The van der Waals surface area contributed by atoms with E-state index in [9.17, 15) is 19.2 Å². The highest BCUT2D eigenvalue weighted by atomic mass is 33.1. The van der Waals surface area contributed by atoms with Gasteiger partial charge in [-0.2, -0.15) is 0 Å². The van der Waals surface area contributed by atoms with Gasteiger partial charge in [-0.3, -0.25) is 24.5 Å². The normalized spacial score (nSPS) is 16.5. The van der Waals surface area contributed by atoms with Crippen LogP contribution in [0.4, 0.5) is 28.4 Å². The van der Waals surface area contributed by atoms with Crippen molar-refractivity contribution in [3.8, 4) is 23.0 Å². The second-order valence-corrected chi connectivity index (χ2v) is 24.3. The summed E-state index contributed by atoms with van der Waals surface area (Å²) in [6.45, 7) is 11.4. The minimum Gasteiger partial charge on any atom is -0.493 e. The number of benzene rings is 5. The lowest BCUT2D eigenvalue weighted by molar-refractivity contribution is -0.121. The van der Waals surface area contributed by atoms with Crippen LogP contribution in [0.25, 0.3) is 0 Å². The van der Waals surface area contributed by atoms with E-state index in [0.29, 0.717) is 90.2 Å². The Bertz CT molecular complexity index is 2820. The average molecular weight is 1080 g/mol. The van der Waals surface area contributed by atoms with Crippen LogP contribution < -0.4 is 54.9 Å². The van der Waals surface area contributed by atoms with Crippen molar-refractivity contribution >= 4 is 73.7 Å². The highest BCUT2D eigenvalue weighted by molar-refractivity contribution is 8.77. The number of hydrogen-bond donors (Lipinski definition) is 4. The number of anilines is 5. The van der Waals surface area contributed by atoms with E-state index < -0.39 is 0 Å².